The number of rotatable bonds is 8. The summed E-state index contributed by atoms with van der Waals surface area (Å²) in [6, 6.07) is 20.9. The lowest BCUT2D eigenvalue weighted by Crippen LogP contribution is -2.60. The molecule has 1 aliphatic heterocycles. The van der Waals surface area contributed by atoms with Crippen molar-refractivity contribution < 1.29 is 8.42 Å². The van der Waals surface area contributed by atoms with E-state index >= 15 is 0 Å². The van der Waals surface area contributed by atoms with Crippen molar-refractivity contribution in [3.8, 4) is 0 Å². The average molecular weight is 623 g/mol. The second-order valence-corrected chi connectivity index (χ2v) is 12.9. The Bertz CT molecular complexity index is 1240. The second-order valence-electron chi connectivity index (χ2n) is 9.09. The van der Waals surface area contributed by atoms with Crippen molar-refractivity contribution in [3.05, 3.63) is 69.6 Å². The third kappa shape index (κ3) is 5.62. The molecule has 5 nitrogen and oxygen atoms in total. The predicted molar refractivity (Wildman–Crippen MR) is 152 cm³/mol. The molecule has 35 heavy (non-hydrogen) atoms. The lowest BCUT2D eigenvalue weighted by molar-refractivity contribution is 0.138. The van der Waals surface area contributed by atoms with E-state index in [0.29, 0.717) is 30.2 Å². The summed E-state index contributed by atoms with van der Waals surface area (Å²) in [7, 11) is -3.62. The maximum Gasteiger partial charge on any atom is 0.244 e. The van der Waals surface area contributed by atoms with Crippen LogP contribution in [0.4, 0.5) is 5.69 Å². The zero-order valence-electron chi connectivity index (χ0n) is 20.5. The molecule has 0 bridgehead atoms. The lowest BCUT2D eigenvalue weighted by Gasteiger charge is -2.49. The number of halogens is 2. The molecule has 3 aromatic carbocycles. The molecule has 0 saturated carbocycles. The van der Waals surface area contributed by atoms with E-state index in [-0.39, 0.29) is 0 Å². The van der Waals surface area contributed by atoms with Crippen LogP contribution in [0.2, 0.25) is 0 Å². The monoisotopic (exact) mass is 621 g/mol. The van der Waals surface area contributed by atoms with Crippen molar-refractivity contribution in [2.75, 3.05) is 31.2 Å². The SMILES string of the molecule is CCC1CN(CN(CC)S(=O)(=O)c2cc(Br)cc(Br)c2)CC(CC)N1c1cccc2ccccc12. The number of hydrogen-bond acceptors (Lipinski definition) is 4. The highest BCUT2D eigenvalue weighted by Crippen LogP contribution is 2.34. The van der Waals surface area contributed by atoms with Crippen molar-refractivity contribution >= 4 is 58.3 Å². The van der Waals surface area contributed by atoms with Crippen molar-refractivity contribution in [1.82, 2.24) is 9.21 Å². The van der Waals surface area contributed by atoms with Crippen LogP contribution in [0.3, 0.4) is 0 Å². The minimum Gasteiger partial charge on any atom is -0.363 e. The highest BCUT2D eigenvalue weighted by atomic mass is 79.9. The Morgan fingerprint density at radius 2 is 1.49 bits per heavy atom. The zero-order valence-corrected chi connectivity index (χ0v) is 24.5. The molecule has 3 aromatic rings. The molecule has 1 saturated heterocycles. The Kier molecular flexibility index (Phi) is 8.59. The van der Waals surface area contributed by atoms with Gasteiger partial charge in [-0.3, -0.25) is 4.90 Å². The minimum absolute atomic E-state index is 0.300. The summed E-state index contributed by atoms with van der Waals surface area (Å²) in [5.74, 6) is 0. The van der Waals surface area contributed by atoms with Gasteiger partial charge in [0.25, 0.3) is 0 Å². The summed E-state index contributed by atoms with van der Waals surface area (Å²) in [4.78, 5) is 5.21. The van der Waals surface area contributed by atoms with E-state index in [4.69, 9.17) is 0 Å². The number of piperazine rings is 1. The fourth-order valence-corrected chi connectivity index (χ4v) is 8.24. The molecule has 1 heterocycles. The van der Waals surface area contributed by atoms with Gasteiger partial charge in [-0.15, -0.1) is 0 Å². The van der Waals surface area contributed by atoms with Crippen LogP contribution in [0, 0.1) is 0 Å². The van der Waals surface area contributed by atoms with Crippen LogP contribution < -0.4 is 4.90 Å². The summed E-state index contributed by atoms with van der Waals surface area (Å²) in [5.41, 5.74) is 1.28. The Morgan fingerprint density at radius 1 is 0.886 bits per heavy atom. The smallest absolute Gasteiger partial charge is 0.244 e. The Morgan fingerprint density at radius 3 is 2.09 bits per heavy atom. The third-order valence-electron chi connectivity index (χ3n) is 6.90. The number of benzene rings is 3. The van der Waals surface area contributed by atoms with Crippen LogP contribution in [0.5, 0.6) is 0 Å². The van der Waals surface area contributed by atoms with Gasteiger partial charge in [-0.05, 0) is 42.5 Å². The third-order valence-corrected chi connectivity index (χ3v) is 9.70. The van der Waals surface area contributed by atoms with E-state index in [1.165, 1.54) is 16.5 Å². The molecular weight excluding hydrogens is 590 g/mol. The average Bonchev–Trinajstić information content (AvgIpc) is 2.85. The predicted octanol–water partition coefficient (Wildman–Crippen LogP) is 6.71. The maximum atomic E-state index is 13.5. The largest absolute Gasteiger partial charge is 0.363 e. The van der Waals surface area contributed by atoms with Gasteiger partial charge in [0, 0.05) is 51.7 Å². The molecule has 0 amide bonds. The standard InChI is InChI=1S/C27H33Br2N3O2S/c1-4-23-17-30(19-31(6-3)35(33,34)25-15-21(28)14-22(29)16-25)18-24(5-2)32(23)27-13-9-11-20-10-7-8-12-26(20)27/h7-16,23-24H,4-6,17-19H2,1-3H3. The summed E-state index contributed by atoms with van der Waals surface area (Å²) in [5, 5.41) is 2.53. The van der Waals surface area contributed by atoms with E-state index in [2.05, 4.69) is 98.0 Å². The molecule has 1 fully saturated rings. The summed E-state index contributed by atoms with van der Waals surface area (Å²) in [6.45, 7) is 8.82. The van der Waals surface area contributed by atoms with Gasteiger partial charge in [0.2, 0.25) is 10.0 Å². The molecule has 0 radical (unpaired) electrons. The van der Waals surface area contributed by atoms with Gasteiger partial charge in [0.15, 0.2) is 0 Å². The molecule has 0 N–H and O–H groups in total. The summed E-state index contributed by atoms with van der Waals surface area (Å²) < 4.78 is 30.1. The Balaban J connectivity index is 1.61. The topological polar surface area (TPSA) is 43.9 Å². The molecular formula is C27H33Br2N3O2S. The van der Waals surface area contributed by atoms with Crippen LogP contribution in [0.15, 0.2) is 74.5 Å². The molecule has 8 heteroatoms. The summed E-state index contributed by atoms with van der Waals surface area (Å²) >= 11 is 6.85. The lowest BCUT2D eigenvalue weighted by atomic mass is 9.98. The normalized spacial score (nSPS) is 19.5. The highest BCUT2D eigenvalue weighted by Gasteiger charge is 2.35. The van der Waals surface area contributed by atoms with Crippen LogP contribution in [-0.4, -0.2) is 56.0 Å². The highest BCUT2D eigenvalue weighted by molar-refractivity contribution is 9.11. The first-order valence-corrected chi connectivity index (χ1v) is 15.3. The number of nitrogens with zero attached hydrogens (tertiary/aromatic N) is 3. The number of sulfonamides is 1. The van der Waals surface area contributed by atoms with Gasteiger partial charge < -0.3 is 4.90 Å². The Labute approximate surface area is 226 Å². The first-order chi connectivity index (χ1) is 16.8. The zero-order chi connectivity index (χ0) is 25.2. The molecule has 0 spiro atoms. The van der Waals surface area contributed by atoms with E-state index in [1.54, 1.807) is 16.4 Å². The number of hydrogen-bond donors (Lipinski definition) is 0. The van der Waals surface area contributed by atoms with Crippen LogP contribution >= 0.6 is 31.9 Å². The molecule has 4 rings (SSSR count). The van der Waals surface area contributed by atoms with Gasteiger partial charge in [-0.2, -0.15) is 4.31 Å². The summed E-state index contributed by atoms with van der Waals surface area (Å²) in [6.07, 6.45) is 1.99. The second kappa shape index (κ2) is 11.3. The molecule has 1 aliphatic rings. The Hall–Kier alpha value is -1.45. The van der Waals surface area contributed by atoms with Gasteiger partial charge in [-0.1, -0.05) is 89.0 Å². The number of anilines is 1. The van der Waals surface area contributed by atoms with Crippen molar-refractivity contribution in [2.24, 2.45) is 0 Å². The quantitative estimate of drug-likeness (QED) is 0.280. The fraction of sp³-hybridized carbons (Fsp3) is 0.407. The van der Waals surface area contributed by atoms with Crippen molar-refractivity contribution in [2.45, 2.75) is 50.6 Å². The van der Waals surface area contributed by atoms with Crippen LogP contribution in [0.25, 0.3) is 10.8 Å². The van der Waals surface area contributed by atoms with Crippen molar-refractivity contribution in [1.29, 1.82) is 0 Å². The van der Waals surface area contributed by atoms with E-state index in [0.717, 1.165) is 34.9 Å². The minimum atomic E-state index is -3.62. The van der Waals surface area contributed by atoms with Crippen LogP contribution in [0.1, 0.15) is 33.6 Å². The molecule has 2 atom stereocenters. The first kappa shape index (κ1) is 26.6. The van der Waals surface area contributed by atoms with Gasteiger partial charge in [0.05, 0.1) is 11.6 Å². The van der Waals surface area contributed by atoms with Gasteiger partial charge >= 0.3 is 0 Å². The van der Waals surface area contributed by atoms with Gasteiger partial charge in [0.1, 0.15) is 0 Å². The number of fused-ring (bicyclic) bond motifs is 1. The van der Waals surface area contributed by atoms with Crippen LogP contribution in [-0.2, 0) is 10.0 Å². The maximum absolute atomic E-state index is 13.5. The molecule has 0 aliphatic carbocycles. The molecule has 0 aromatic heterocycles. The first-order valence-electron chi connectivity index (χ1n) is 12.2. The molecule has 188 valence electrons. The fourth-order valence-electron chi connectivity index (χ4n) is 5.13. The molecule has 2 unspecified atom stereocenters. The van der Waals surface area contributed by atoms with E-state index in [9.17, 15) is 8.42 Å². The van der Waals surface area contributed by atoms with E-state index in [1.807, 2.05) is 13.0 Å². The van der Waals surface area contributed by atoms with Crippen molar-refractivity contribution in [3.63, 3.8) is 0 Å². The van der Waals surface area contributed by atoms with Gasteiger partial charge in [-0.25, -0.2) is 8.42 Å². The van der Waals surface area contributed by atoms with E-state index < -0.39 is 10.0 Å².